The molecule has 52 heavy (non-hydrogen) atoms. The second-order valence-electron chi connectivity index (χ2n) is 14.6. The normalized spacial score (nSPS) is 34.7. The average molecular weight is 740 g/mol. The molecule has 0 aromatic heterocycles. The third-order valence-corrected chi connectivity index (χ3v) is 12.3. The minimum Gasteiger partial charge on any atom is -0.455 e. The maximum Gasteiger partial charge on any atom is 0.338 e. The lowest BCUT2D eigenvalue weighted by molar-refractivity contribution is -0.387. The van der Waals surface area contributed by atoms with Crippen LogP contribution in [0.1, 0.15) is 64.7 Å². The molecule has 0 amide bonds. The van der Waals surface area contributed by atoms with Crippen molar-refractivity contribution in [3.8, 4) is 0 Å². The maximum atomic E-state index is 15.5. The molecule has 2 aromatic carbocycles. The molecule has 1 saturated heterocycles. The summed E-state index contributed by atoms with van der Waals surface area (Å²) in [6.07, 6.45) is -7.39. The number of hydrogen-bond donors (Lipinski definition) is 2. The third-order valence-electron chi connectivity index (χ3n) is 11.5. The van der Waals surface area contributed by atoms with Crippen LogP contribution in [0.15, 0.2) is 70.6 Å². The third kappa shape index (κ3) is 5.73. The zero-order valence-corrected chi connectivity index (χ0v) is 30.3. The number of carbonyl (C=O) groups excluding carboxylic acids is 4. The standard InChI is InChI=1S/C37H41NO13S/c1-19-24(41)17-37(44)32(49-33(43)22-12-8-7-9-13-22)30-35(6,31(42)29(48-20(2)39)28(19)34(37,4)5)26(16-27-36(30,18-47-27)50-21(3)40)51-52-25-15-11-10-14-23(25)38(45)46/h7-15,24,26-27,29-30,32,41,44H,16-18H2,1-6H3/t24-,26-,27+,29+,30?,32?,35+,36+,37+/m0/s1. The Morgan fingerprint density at radius 2 is 1.65 bits per heavy atom. The summed E-state index contributed by atoms with van der Waals surface area (Å²) in [5.74, 6) is -4.61. The first-order valence-electron chi connectivity index (χ1n) is 16.9. The molecule has 2 N–H and O–H groups in total. The molecule has 2 saturated carbocycles. The number of benzene rings is 2. The van der Waals surface area contributed by atoms with Gasteiger partial charge in [-0.15, -0.1) is 0 Å². The average Bonchev–Trinajstić information content (AvgIpc) is 3.07. The molecule has 3 aliphatic carbocycles. The summed E-state index contributed by atoms with van der Waals surface area (Å²) in [7, 11) is 0. The Kier molecular flexibility index (Phi) is 9.66. The van der Waals surface area contributed by atoms with Crippen LogP contribution < -0.4 is 0 Å². The summed E-state index contributed by atoms with van der Waals surface area (Å²) in [5.41, 5.74) is -7.05. The summed E-state index contributed by atoms with van der Waals surface area (Å²) in [5, 5.41) is 36.6. The van der Waals surface area contributed by atoms with Crippen molar-refractivity contribution >= 4 is 41.4 Å². The Hall–Kier alpha value is -4.15. The van der Waals surface area contributed by atoms with Crippen LogP contribution in [0.5, 0.6) is 0 Å². The number of nitro benzene ring substituents is 1. The summed E-state index contributed by atoms with van der Waals surface area (Å²) in [6.45, 7) is 8.36. The van der Waals surface area contributed by atoms with E-state index in [9.17, 15) is 34.7 Å². The van der Waals surface area contributed by atoms with Gasteiger partial charge in [0, 0.05) is 50.2 Å². The van der Waals surface area contributed by atoms with E-state index in [1.165, 1.54) is 44.2 Å². The van der Waals surface area contributed by atoms with Gasteiger partial charge >= 0.3 is 17.9 Å². The van der Waals surface area contributed by atoms with Gasteiger partial charge in [-0.25, -0.2) is 4.79 Å². The number of aliphatic hydroxyl groups is 2. The molecule has 3 fully saturated rings. The number of nitrogens with zero attached hydrogens (tertiary/aromatic N) is 1. The van der Waals surface area contributed by atoms with Gasteiger partial charge in [-0.05, 0) is 43.2 Å². The van der Waals surface area contributed by atoms with Crippen LogP contribution in [-0.4, -0.2) is 87.2 Å². The number of carbonyl (C=O) groups is 4. The van der Waals surface area contributed by atoms with Gasteiger partial charge in [0.2, 0.25) is 0 Å². The fraction of sp³-hybridized carbons (Fsp3) is 0.514. The van der Waals surface area contributed by atoms with Crippen molar-refractivity contribution in [3.63, 3.8) is 0 Å². The smallest absolute Gasteiger partial charge is 0.338 e. The molecule has 0 spiro atoms. The van der Waals surface area contributed by atoms with Gasteiger partial charge in [0.25, 0.3) is 5.69 Å². The number of fused-ring (bicyclic) bond motifs is 5. The van der Waals surface area contributed by atoms with Crippen LogP contribution in [0, 0.1) is 26.9 Å². The fourth-order valence-electron chi connectivity index (χ4n) is 8.81. The lowest BCUT2D eigenvalue weighted by atomic mass is 9.44. The zero-order valence-electron chi connectivity index (χ0n) is 29.5. The van der Waals surface area contributed by atoms with E-state index in [0.29, 0.717) is 12.0 Å². The second-order valence-corrected chi connectivity index (χ2v) is 15.4. The van der Waals surface area contributed by atoms with Gasteiger partial charge in [0.1, 0.15) is 22.7 Å². The van der Waals surface area contributed by atoms with E-state index >= 15 is 4.79 Å². The maximum absolute atomic E-state index is 15.5. The predicted octanol–water partition coefficient (Wildman–Crippen LogP) is 4.29. The van der Waals surface area contributed by atoms with E-state index < -0.39 is 87.1 Å². The molecule has 4 aliphatic rings. The molecule has 278 valence electrons. The van der Waals surface area contributed by atoms with Gasteiger partial charge < -0.3 is 33.3 Å². The summed E-state index contributed by atoms with van der Waals surface area (Å²) in [6, 6.07) is 13.8. The SMILES string of the molecule is CC(=O)O[C@H]1C(=O)[C@@]2(C)C(C(OC(=O)c3ccccc3)[C@]3(O)C[C@H](O)C(C)=C1C3(C)C)[C@@]1(OC(C)=O)CO[C@@H]1C[C@@H]2OSc1ccccc1[N+](=O)[O-]. The number of ether oxygens (including phenoxy) is 4. The highest BCUT2D eigenvalue weighted by Crippen LogP contribution is 2.65. The summed E-state index contributed by atoms with van der Waals surface area (Å²) in [4.78, 5) is 66.8. The van der Waals surface area contributed by atoms with Crippen LogP contribution in [0.3, 0.4) is 0 Å². The molecule has 6 rings (SSSR count). The number of ketones is 1. The number of nitro groups is 1. The van der Waals surface area contributed by atoms with Crippen LogP contribution in [0.4, 0.5) is 5.69 Å². The quantitative estimate of drug-likeness (QED) is 0.0971. The molecule has 15 heteroatoms. The van der Waals surface area contributed by atoms with E-state index in [1.807, 2.05) is 0 Å². The highest BCUT2D eigenvalue weighted by Gasteiger charge is 2.78. The van der Waals surface area contributed by atoms with E-state index in [4.69, 9.17) is 23.1 Å². The van der Waals surface area contributed by atoms with Crippen LogP contribution in [-0.2, 0) is 37.5 Å². The number of Topliss-reactive ketones (excluding diaryl/α,β-unsaturated/α-hetero) is 1. The first kappa shape index (κ1) is 37.6. The van der Waals surface area contributed by atoms with E-state index in [-0.39, 0.29) is 46.7 Å². The van der Waals surface area contributed by atoms with Crippen LogP contribution in [0.2, 0.25) is 0 Å². The van der Waals surface area contributed by atoms with Gasteiger partial charge in [0.15, 0.2) is 17.5 Å². The zero-order chi connectivity index (χ0) is 38.0. The largest absolute Gasteiger partial charge is 0.455 e. The van der Waals surface area contributed by atoms with Crippen LogP contribution in [0.25, 0.3) is 0 Å². The van der Waals surface area contributed by atoms with Gasteiger partial charge in [-0.1, -0.05) is 44.2 Å². The predicted molar refractivity (Wildman–Crippen MR) is 183 cm³/mol. The Morgan fingerprint density at radius 3 is 2.25 bits per heavy atom. The molecule has 1 aliphatic heterocycles. The fourth-order valence-corrected chi connectivity index (χ4v) is 9.67. The van der Waals surface area contributed by atoms with E-state index in [1.54, 1.807) is 45.0 Å². The highest BCUT2D eigenvalue weighted by molar-refractivity contribution is 7.94. The van der Waals surface area contributed by atoms with Crippen molar-refractivity contribution in [1.29, 1.82) is 0 Å². The van der Waals surface area contributed by atoms with E-state index in [0.717, 1.165) is 6.92 Å². The van der Waals surface area contributed by atoms with Crippen molar-refractivity contribution in [2.75, 3.05) is 6.61 Å². The first-order chi connectivity index (χ1) is 24.4. The first-order valence-corrected chi connectivity index (χ1v) is 17.6. The number of rotatable bonds is 8. The van der Waals surface area contributed by atoms with Crippen molar-refractivity contribution < 1.29 is 57.4 Å². The minimum absolute atomic E-state index is 0.0890. The van der Waals surface area contributed by atoms with Gasteiger partial charge in [-0.2, -0.15) is 0 Å². The van der Waals surface area contributed by atoms with Crippen molar-refractivity contribution in [1.82, 2.24) is 0 Å². The Bertz CT molecular complexity index is 1850. The Labute approximate surface area is 304 Å². The van der Waals surface area contributed by atoms with Crippen molar-refractivity contribution in [2.45, 2.75) is 101 Å². The van der Waals surface area contributed by atoms with Crippen LogP contribution >= 0.6 is 12.0 Å². The van der Waals surface area contributed by atoms with Crippen molar-refractivity contribution in [2.24, 2.45) is 16.7 Å². The molecule has 14 nitrogen and oxygen atoms in total. The lowest BCUT2D eigenvalue weighted by Crippen LogP contribution is -2.82. The second kappa shape index (κ2) is 13.4. The summed E-state index contributed by atoms with van der Waals surface area (Å²) >= 11 is 0.651. The molecule has 0 radical (unpaired) electrons. The number of esters is 3. The molecule has 1 heterocycles. The summed E-state index contributed by atoms with van der Waals surface area (Å²) < 4.78 is 30.7. The van der Waals surface area contributed by atoms with Gasteiger partial charge in [-0.3, -0.25) is 24.5 Å². The minimum atomic E-state index is -2.20. The molecular weight excluding hydrogens is 698 g/mol. The van der Waals surface area contributed by atoms with Gasteiger partial charge in [0.05, 0.1) is 40.6 Å². The monoisotopic (exact) mass is 739 g/mol. The Balaban J connectivity index is 1.63. The molecular formula is C37H41NO13S. The van der Waals surface area contributed by atoms with E-state index in [2.05, 4.69) is 0 Å². The number of para-hydroxylation sites is 1. The van der Waals surface area contributed by atoms with Crippen molar-refractivity contribution in [3.05, 3.63) is 81.4 Å². The molecule has 2 unspecified atom stereocenters. The highest BCUT2D eigenvalue weighted by atomic mass is 32.2. The topological polar surface area (TPSA) is 198 Å². The number of hydrogen-bond acceptors (Lipinski definition) is 14. The molecule has 2 bridgehead atoms. The lowest BCUT2D eigenvalue weighted by Gasteiger charge is -2.67. The molecule has 2 aromatic rings. The number of aliphatic hydroxyl groups excluding tert-OH is 1. The molecule has 9 atom stereocenters. The Morgan fingerprint density at radius 1 is 1.00 bits per heavy atom.